The number of pyridine rings is 1. The lowest BCUT2D eigenvalue weighted by atomic mass is 9.94. The molecule has 1 unspecified atom stereocenters. The summed E-state index contributed by atoms with van der Waals surface area (Å²) in [6.45, 7) is 6.33. The third-order valence-electron chi connectivity index (χ3n) is 4.36. The SMILES string of the molecule is Cc1nc2ccc(I)cn2c1C1OC(C)(C)c2ccccc21.Cl. The molecule has 23 heavy (non-hydrogen) atoms. The zero-order chi connectivity index (χ0) is 15.5. The monoisotopic (exact) mass is 440 g/mol. The van der Waals surface area contributed by atoms with Gasteiger partial charge < -0.3 is 4.74 Å². The number of nitrogens with zero attached hydrogens (tertiary/aromatic N) is 2. The second-order valence-corrected chi connectivity index (χ2v) is 7.50. The molecule has 0 saturated heterocycles. The van der Waals surface area contributed by atoms with Crippen molar-refractivity contribution in [2.75, 3.05) is 0 Å². The van der Waals surface area contributed by atoms with E-state index in [1.165, 1.54) is 14.7 Å². The zero-order valence-corrected chi connectivity index (χ0v) is 16.2. The lowest BCUT2D eigenvalue weighted by Crippen LogP contribution is -2.16. The largest absolute Gasteiger partial charge is 0.357 e. The summed E-state index contributed by atoms with van der Waals surface area (Å²) in [5.74, 6) is 0. The van der Waals surface area contributed by atoms with Gasteiger partial charge in [-0.15, -0.1) is 12.4 Å². The van der Waals surface area contributed by atoms with Crippen LogP contribution in [0.1, 0.15) is 42.5 Å². The van der Waals surface area contributed by atoms with Crippen molar-refractivity contribution in [1.29, 1.82) is 0 Å². The highest BCUT2D eigenvalue weighted by molar-refractivity contribution is 14.1. The molecule has 0 N–H and O–H groups in total. The molecule has 0 fully saturated rings. The Morgan fingerprint density at radius 2 is 1.91 bits per heavy atom. The van der Waals surface area contributed by atoms with Crippen LogP contribution in [0.15, 0.2) is 42.6 Å². The van der Waals surface area contributed by atoms with Crippen molar-refractivity contribution in [3.8, 4) is 0 Å². The van der Waals surface area contributed by atoms with Crippen molar-refractivity contribution in [2.24, 2.45) is 0 Å². The molecule has 0 radical (unpaired) electrons. The van der Waals surface area contributed by atoms with Gasteiger partial charge in [-0.1, -0.05) is 24.3 Å². The van der Waals surface area contributed by atoms with E-state index in [0.29, 0.717) is 0 Å². The van der Waals surface area contributed by atoms with Crippen LogP contribution in [0.25, 0.3) is 5.65 Å². The zero-order valence-electron chi connectivity index (χ0n) is 13.2. The van der Waals surface area contributed by atoms with Crippen molar-refractivity contribution in [2.45, 2.75) is 32.5 Å². The number of aromatic nitrogens is 2. The summed E-state index contributed by atoms with van der Waals surface area (Å²) in [4.78, 5) is 4.70. The molecule has 0 aliphatic carbocycles. The van der Waals surface area contributed by atoms with E-state index in [1.54, 1.807) is 0 Å². The van der Waals surface area contributed by atoms with E-state index < -0.39 is 0 Å². The van der Waals surface area contributed by atoms with Crippen molar-refractivity contribution in [3.63, 3.8) is 0 Å². The van der Waals surface area contributed by atoms with Crippen LogP contribution in [0.5, 0.6) is 0 Å². The van der Waals surface area contributed by atoms with E-state index in [1.807, 2.05) is 0 Å². The molecule has 0 bridgehead atoms. The molecule has 3 aromatic rings. The van der Waals surface area contributed by atoms with E-state index in [0.717, 1.165) is 17.0 Å². The van der Waals surface area contributed by atoms with Crippen LogP contribution in [-0.4, -0.2) is 9.38 Å². The molecular weight excluding hydrogens is 423 g/mol. The fourth-order valence-corrected chi connectivity index (χ4v) is 3.83. The minimum atomic E-state index is -0.278. The lowest BCUT2D eigenvalue weighted by Gasteiger charge is -2.21. The Morgan fingerprint density at radius 1 is 1.17 bits per heavy atom. The van der Waals surface area contributed by atoms with Gasteiger partial charge >= 0.3 is 0 Å². The van der Waals surface area contributed by atoms with Gasteiger partial charge in [-0.3, -0.25) is 4.40 Å². The molecule has 2 aromatic heterocycles. The Kier molecular flexibility index (Phi) is 4.19. The molecule has 120 valence electrons. The smallest absolute Gasteiger partial charge is 0.137 e. The first-order valence-electron chi connectivity index (χ1n) is 7.39. The predicted octanol–water partition coefficient (Wildman–Crippen LogP) is 5.02. The third-order valence-corrected chi connectivity index (χ3v) is 4.99. The number of imidazole rings is 1. The number of rotatable bonds is 1. The van der Waals surface area contributed by atoms with Gasteiger partial charge in [0.15, 0.2) is 0 Å². The average Bonchev–Trinajstić information content (AvgIpc) is 2.93. The van der Waals surface area contributed by atoms with Crippen LogP contribution in [0.4, 0.5) is 0 Å². The maximum Gasteiger partial charge on any atom is 0.137 e. The molecule has 5 heteroatoms. The van der Waals surface area contributed by atoms with Crippen LogP contribution in [0, 0.1) is 10.5 Å². The standard InChI is InChI=1S/C18H17IN2O.ClH/c1-11-16(21-10-12(19)8-9-15(21)20-11)17-13-6-4-5-7-14(13)18(2,3)22-17;/h4-10,17H,1-3H3;1H. The molecule has 3 heterocycles. The quantitative estimate of drug-likeness (QED) is 0.497. The van der Waals surface area contributed by atoms with E-state index in [-0.39, 0.29) is 24.1 Å². The number of benzene rings is 1. The van der Waals surface area contributed by atoms with E-state index in [4.69, 9.17) is 9.72 Å². The van der Waals surface area contributed by atoms with Crippen molar-refractivity contribution < 1.29 is 4.74 Å². The van der Waals surface area contributed by atoms with Crippen molar-refractivity contribution in [3.05, 3.63) is 68.7 Å². The van der Waals surface area contributed by atoms with Gasteiger partial charge in [0.25, 0.3) is 0 Å². The molecule has 3 nitrogen and oxygen atoms in total. The Bertz CT molecular complexity index is 888. The number of hydrogen-bond donors (Lipinski definition) is 0. The van der Waals surface area contributed by atoms with Crippen LogP contribution < -0.4 is 0 Å². The summed E-state index contributed by atoms with van der Waals surface area (Å²) < 4.78 is 9.78. The molecule has 0 saturated carbocycles. The average molecular weight is 441 g/mol. The number of ether oxygens (including phenoxy) is 1. The Labute approximate surface area is 155 Å². The Balaban J connectivity index is 0.00000156. The fraction of sp³-hybridized carbons (Fsp3) is 0.278. The van der Waals surface area contributed by atoms with Gasteiger partial charge in [-0.2, -0.15) is 0 Å². The highest BCUT2D eigenvalue weighted by Gasteiger charge is 2.40. The maximum atomic E-state index is 6.43. The molecule has 4 rings (SSSR count). The lowest BCUT2D eigenvalue weighted by molar-refractivity contribution is -0.0362. The number of halogens is 2. The summed E-state index contributed by atoms with van der Waals surface area (Å²) >= 11 is 2.33. The molecule has 1 aliphatic rings. The molecule has 1 aromatic carbocycles. The summed E-state index contributed by atoms with van der Waals surface area (Å²) in [6, 6.07) is 12.6. The minimum absolute atomic E-state index is 0. The van der Waals surface area contributed by atoms with Gasteiger partial charge in [0.2, 0.25) is 0 Å². The summed E-state index contributed by atoms with van der Waals surface area (Å²) in [7, 11) is 0. The molecule has 1 atom stereocenters. The summed E-state index contributed by atoms with van der Waals surface area (Å²) in [6.07, 6.45) is 2.06. The molecule has 1 aliphatic heterocycles. The molecule has 0 amide bonds. The van der Waals surface area contributed by atoms with Crippen molar-refractivity contribution >= 4 is 40.6 Å². The van der Waals surface area contributed by atoms with Crippen LogP contribution in [0.3, 0.4) is 0 Å². The first kappa shape index (κ1) is 16.7. The minimum Gasteiger partial charge on any atom is -0.357 e. The highest BCUT2D eigenvalue weighted by atomic mass is 127. The van der Waals surface area contributed by atoms with Crippen molar-refractivity contribution in [1.82, 2.24) is 9.38 Å². The first-order valence-corrected chi connectivity index (χ1v) is 8.46. The molecular formula is C18H18ClIN2O. The summed E-state index contributed by atoms with van der Waals surface area (Å²) in [5.41, 5.74) is 5.36. The van der Waals surface area contributed by atoms with E-state index in [9.17, 15) is 0 Å². The Morgan fingerprint density at radius 3 is 2.70 bits per heavy atom. The highest BCUT2D eigenvalue weighted by Crippen LogP contribution is 2.46. The number of aryl methyl sites for hydroxylation is 1. The second-order valence-electron chi connectivity index (χ2n) is 6.25. The molecule has 0 spiro atoms. The normalized spacial score (nSPS) is 18.7. The second kappa shape index (κ2) is 5.76. The third kappa shape index (κ3) is 2.57. The van der Waals surface area contributed by atoms with Crippen LogP contribution in [-0.2, 0) is 10.3 Å². The predicted molar refractivity (Wildman–Crippen MR) is 102 cm³/mol. The van der Waals surface area contributed by atoms with E-state index in [2.05, 4.69) is 90.4 Å². The summed E-state index contributed by atoms with van der Waals surface area (Å²) in [5, 5.41) is 0. The van der Waals surface area contributed by atoms with Crippen LogP contribution >= 0.6 is 35.0 Å². The van der Waals surface area contributed by atoms with Crippen LogP contribution in [0.2, 0.25) is 0 Å². The van der Waals surface area contributed by atoms with Gasteiger partial charge in [-0.05, 0) is 66.6 Å². The van der Waals surface area contributed by atoms with Gasteiger partial charge in [0.05, 0.1) is 17.0 Å². The number of hydrogen-bond acceptors (Lipinski definition) is 2. The Hall–Kier alpha value is -1.11. The maximum absolute atomic E-state index is 6.43. The first-order chi connectivity index (χ1) is 10.5. The van der Waals surface area contributed by atoms with E-state index >= 15 is 0 Å². The van der Waals surface area contributed by atoms with Gasteiger partial charge in [0, 0.05) is 9.77 Å². The van der Waals surface area contributed by atoms with Gasteiger partial charge in [0.1, 0.15) is 11.8 Å². The number of fused-ring (bicyclic) bond motifs is 2. The fourth-order valence-electron chi connectivity index (χ4n) is 3.37. The topological polar surface area (TPSA) is 26.5 Å². The van der Waals surface area contributed by atoms with Gasteiger partial charge in [-0.25, -0.2) is 4.98 Å².